The largest absolute Gasteiger partial charge is 0.387 e. The molecule has 0 radical (unpaired) electrons. The number of pyridine rings is 1. The van der Waals surface area contributed by atoms with Crippen molar-refractivity contribution in [2.24, 2.45) is 0 Å². The van der Waals surface area contributed by atoms with Crippen LogP contribution in [-0.2, 0) is 0 Å². The SMILES string of the molecule is C1=CNCC(c2cccnc2)=C1. The zero-order chi connectivity index (χ0) is 8.23. The van der Waals surface area contributed by atoms with E-state index in [1.165, 1.54) is 11.1 Å². The summed E-state index contributed by atoms with van der Waals surface area (Å²) in [6.45, 7) is 0.891. The number of allylic oxidation sites excluding steroid dienone is 2. The Bertz CT molecular complexity index is 312. The third-order valence-electron chi connectivity index (χ3n) is 1.84. The molecule has 2 heterocycles. The predicted octanol–water partition coefficient (Wildman–Crippen LogP) is 1.58. The summed E-state index contributed by atoms with van der Waals surface area (Å²) in [5.41, 5.74) is 2.47. The normalized spacial score (nSPS) is 15.2. The Balaban J connectivity index is 2.31. The molecule has 60 valence electrons. The lowest BCUT2D eigenvalue weighted by Gasteiger charge is -2.09. The van der Waals surface area contributed by atoms with Crippen LogP contribution in [0.5, 0.6) is 0 Å². The number of rotatable bonds is 1. The first-order chi connectivity index (χ1) is 5.97. The summed E-state index contributed by atoms with van der Waals surface area (Å²) in [7, 11) is 0. The number of hydrogen-bond acceptors (Lipinski definition) is 2. The van der Waals surface area contributed by atoms with Crippen molar-refractivity contribution in [2.45, 2.75) is 0 Å². The fraction of sp³-hybridized carbons (Fsp3) is 0.100. The van der Waals surface area contributed by atoms with E-state index in [-0.39, 0.29) is 0 Å². The summed E-state index contributed by atoms with van der Waals surface area (Å²) < 4.78 is 0. The van der Waals surface area contributed by atoms with E-state index in [1.807, 2.05) is 24.5 Å². The molecule has 0 saturated carbocycles. The van der Waals surface area contributed by atoms with Crippen molar-refractivity contribution < 1.29 is 0 Å². The molecule has 1 aliphatic heterocycles. The van der Waals surface area contributed by atoms with Crippen LogP contribution in [0.4, 0.5) is 0 Å². The number of hydrogen-bond donors (Lipinski definition) is 1. The van der Waals surface area contributed by atoms with Crippen LogP contribution in [0.3, 0.4) is 0 Å². The highest BCUT2D eigenvalue weighted by molar-refractivity contribution is 5.68. The molecule has 0 amide bonds. The Morgan fingerprint density at radius 3 is 3.08 bits per heavy atom. The first-order valence-electron chi connectivity index (χ1n) is 3.96. The van der Waals surface area contributed by atoms with Crippen LogP contribution in [-0.4, -0.2) is 11.5 Å². The van der Waals surface area contributed by atoms with Crippen molar-refractivity contribution >= 4 is 5.57 Å². The van der Waals surface area contributed by atoms with E-state index >= 15 is 0 Å². The van der Waals surface area contributed by atoms with Gasteiger partial charge in [-0.25, -0.2) is 0 Å². The maximum Gasteiger partial charge on any atom is 0.0401 e. The minimum atomic E-state index is 0.891. The lowest BCUT2D eigenvalue weighted by molar-refractivity contribution is 0.984. The molecule has 2 rings (SSSR count). The third-order valence-corrected chi connectivity index (χ3v) is 1.84. The molecule has 0 atom stereocenters. The molecule has 12 heavy (non-hydrogen) atoms. The topological polar surface area (TPSA) is 24.9 Å². The Hall–Kier alpha value is -1.57. The van der Waals surface area contributed by atoms with E-state index in [4.69, 9.17) is 0 Å². The summed E-state index contributed by atoms with van der Waals surface area (Å²) >= 11 is 0. The van der Waals surface area contributed by atoms with Crippen molar-refractivity contribution in [3.63, 3.8) is 0 Å². The molecule has 1 N–H and O–H groups in total. The van der Waals surface area contributed by atoms with Crippen molar-refractivity contribution in [3.05, 3.63) is 48.4 Å². The van der Waals surface area contributed by atoms with Gasteiger partial charge in [0, 0.05) is 18.9 Å². The predicted molar refractivity (Wildman–Crippen MR) is 49.4 cm³/mol. The summed E-state index contributed by atoms with van der Waals surface area (Å²) in [4.78, 5) is 4.07. The van der Waals surface area contributed by atoms with Crippen LogP contribution in [0, 0.1) is 0 Å². The zero-order valence-electron chi connectivity index (χ0n) is 6.70. The van der Waals surface area contributed by atoms with Gasteiger partial charge >= 0.3 is 0 Å². The molecule has 0 fully saturated rings. The first kappa shape index (κ1) is 7.10. The van der Waals surface area contributed by atoms with E-state index in [0.29, 0.717) is 0 Å². The highest BCUT2D eigenvalue weighted by atomic mass is 14.8. The lowest BCUT2D eigenvalue weighted by atomic mass is 10.1. The van der Waals surface area contributed by atoms with Crippen LogP contribution in [0.15, 0.2) is 42.9 Å². The molecule has 1 aromatic heterocycles. The van der Waals surface area contributed by atoms with E-state index in [2.05, 4.69) is 22.4 Å². The van der Waals surface area contributed by atoms with Gasteiger partial charge in [0.15, 0.2) is 0 Å². The van der Waals surface area contributed by atoms with Crippen molar-refractivity contribution in [2.75, 3.05) is 6.54 Å². The quantitative estimate of drug-likeness (QED) is 0.671. The Kier molecular flexibility index (Phi) is 1.90. The maximum absolute atomic E-state index is 4.07. The lowest BCUT2D eigenvalue weighted by Crippen LogP contribution is -2.11. The molecule has 1 aromatic rings. The highest BCUT2D eigenvalue weighted by Gasteiger charge is 2.00. The molecule has 0 aromatic carbocycles. The Morgan fingerprint density at radius 1 is 1.42 bits per heavy atom. The van der Waals surface area contributed by atoms with Gasteiger partial charge < -0.3 is 5.32 Å². The first-order valence-corrected chi connectivity index (χ1v) is 3.96. The van der Waals surface area contributed by atoms with Crippen LogP contribution in [0.25, 0.3) is 5.57 Å². The van der Waals surface area contributed by atoms with Gasteiger partial charge in [0.2, 0.25) is 0 Å². The van der Waals surface area contributed by atoms with Gasteiger partial charge in [-0.1, -0.05) is 12.1 Å². The molecule has 2 heteroatoms. The fourth-order valence-corrected chi connectivity index (χ4v) is 1.21. The number of dihydropyridines is 1. The van der Waals surface area contributed by atoms with E-state index in [0.717, 1.165) is 6.54 Å². The van der Waals surface area contributed by atoms with Crippen molar-refractivity contribution in [1.82, 2.24) is 10.3 Å². The standard InChI is InChI=1S/C10H10N2/c1-3-9(7-11-5-1)10-4-2-6-12-8-10/h1-7,12H,8H2. The maximum atomic E-state index is 4.07. The molecular formula is C10H10N2. The molecule has 0 unspecified atom stereocenters. The van der Waals surface area contributed by atoms with Crippen molar-refractivity contribution in [1.29, 1.82) is 0 Å². The molecular weight excluding hydrogens is 148 g/mol. The van der Waals surface area contributed by atoms with Gasteiger partial charge in [-0.3, -0.25) is 4.98 Å². The highest BCUT2D eigenvalue weighted by Crippen LogP contribution is 2.13. The van der Waals surface area contributed by atoms with Gasteiger partial charge in [-0.2, -0.15) is 0 Å². The second kappa shape index (κ2) is 3.22. The minimum absolute atomic E-state index is 0.891. The summed E-state index contributed by atoms with van der Waals surface area (Å²) in [5.74, 6) is 0. The zero-order valence-corrected chi connectivity index (χ0v) is 6.70. The van der Waals surface area contributed by atoms with E-state index in [1.54, 1.807) is 6.20 Å². The third kappa shape index (κ3) is 1.37. The number of aromatic nitrogens is 1. The van der Waals surface area contributed by atoms with Crippen LogP contribution in [0.1, 0.15) is 5.56 Å². The van der Waals surface area contributed by atoms with Crippen LogP contribution in [0.2, 0.25) is 0 Å². The minimum Gasteiger partial charge on any atom is -0.387 e. The number of nitrogens with one attached hydrogen (secondary N) is 1. The van der Waals surface area contributed by atoms with Gasteiger partial charge in [0.1, 0.15) is 0 Å². The van der Waals surface area contributed by atoms with Gasteiger partial charge in [0.05, 0.1) is 0 Å². The summed E-state index contributed by atoms with van der Waals surface area (Å²) in [6, 6.07) is 4.02. The average Bonchev–Trinajstić information content (AvgIpc) is 2.21. The molecule has 2 nitrogen and oxygen atoms in total. The van der Waals surface area contributed by atoms with Gasteiger partial charge in [0.25, 0.3) is 0 Å². The molecule has 0 aliphatic carbocycles. The molecule has 1 aliphatic rings. The fourth-order valence-electron chi connectivity index (χ4n) is 1.21. The molecule has 0 bridgehead atoms. The second-order valence-electron chi connectivity index (χ2n) is 2.67. The Morgan fingerprint density at radius 2 is 2.42 bits per heavy atom. The molecule has 0 spiro atoms. The van der Waals surface area contributed by atoms with Crippen molar-refractivity contribution in [3.8, 4) is 0 Å². The molecule has 0 saturated heterocycles. The van der Waals surface area contributed by atoms with Crippen LogP contribution < -0.4 is 5.32 Å². The Labute approximate surface area is 71.6 Å². The number of nitrogens with zero attached hydrogens (tertiary/aromatic N) is 1. The monoisotopic (exact) mass is 158 g/mol. The average molecular weight is 158 g/mol. The van der Waals surface area contributed by atoms with E-state index < -0.39 is 0 Å². The summed E-state index contributed by atoms with van der Waals surface area (Å²) in [6.07, 6.45) is 9.72. The second-order valence-corrected chi connectivity index (χ2v) is 2.67. The van der Waals surface area contributed by atoms with Gasteiger partial charge in [-0.05, 0) is 29.5 Å². The summed E-state index contributed by atoms with van der Waals surface area (Å²) in [5, 5.41) is 3.16. The van der Waals surface area contributed by atoms with Gasteiger partial charge in [-0.15, -0.1) is 0 Å². The van der Waals surface area contributed by atoms with E-state index in [9.17, 15) is 0 Å². The smallest absolute Gasteiger partial charge is 0.0401 e. The van der Waals surface area contributed by atoms with Crippen LogP contribution >= 0.6 is 0 Å².